The molecule has 15 nitrogen and oxygen atoms in total. The normalized spacial score (nSPS) is 28.5. The van der Waals surface area contributed by atoms with Crippen LogP contribution in [0.2, 0.25) is 0 Å². The maximum Gasteiger partial charge on any atom is 0.307 e. The van der Waals surface area contributed by atoms with Gasteiger partial charge in [0.2, 0.25) is 10.9 Å². The number of aromatic hydroxyl groups is 1. The molecular formula is C53H68N4O11. The minimum Gasteiger partial charge on any atom is -0.507 e. The lowest BCUT2D eigenvalue weighted by molar-refractivity contribution is -0.156. The Morgan fingerprint density at radius 3 is 2.32 bits per heavy atom. The Kier molecular flexibility index (Phi) is 14.4. The zero-order valence-electron chi connectivity index (χ0n) is 41.7. The topological polar surface area (TPSA) is 190 Å². The standard InChI is InChI=1S/C53H68N4O11/c1-26(2)56(12)35-17-20-57(21-18-35)36-24-37(59)43-39(25-36)67-50-44(54-43)40-41-46(60)33(9)49-42(40)51(62)53(11,68-49)65-22-19-38(64-13)32(8)48(66-34(10)58)31(7)30(6)29(5)23-27(3)15-14-16-28(4)52(63)55-45(50)47(41)61/h14-16,19,22,24-27,29-32,35,38,48,60,62H,17-18,20-21,23H2,1-13H3,(H,55,63)/b15-14+,22-19+,28-16-/t27-,29+,30+,31+,32+,38-,48-,53-/m0/s1. The van der Waals surface area contributed by atoms with Crippen LogP contribution in [0.4, 0.5) is 11.4 Å². The van der Waals surface area contributed by atoms with Crippen molar-refractivity contribution in [1.29, 1.82) is 0 Å². The molecule has 1 fully saturated rings. The number of phenols is 1. The monoisotopic (exact) mass is 936 g/mol. The summed E-state index contributed by atoms with van der Waals surface area (Å²) < 4.78 is 31.1. The number of phenolic OH excluding ortho intramolecular Hbond substituents is 1. The number of ether oxygens (including phenoxy) is 4. The largest absolute Gasteiger partial charge is 0.507 e. The molecule has 0 unspecified atom stereocenters. The molecule has 3 aliphatic rings. The van der Waals surface area contributed by atoms with Crippen LogP contribution >= 0.6 is 0 Å². The molecule has 3 aromatic carbocycles. The van der Waals surface area contributed by atoms with Crippen molar-refractivity contribution < 1.29 is 43.2 Å². The fourth-order valence-corrected chi connectivity index (χ4v) is 10.3. The van der Waals surface area contributed by atoms with Crippen LogP contribution in [-0.2, 0) is 23.8 Å². The number of carbonyl (C=O) groups excluding carboxylic acids is 2. The van der Waals surface area contributed by atoms with E-state index in [0.29, 0.717) is 30.9 Å². The minimum atomic E-state index is -1.91. The molecule has 1 saturated heterocycles. The number of rotatable bonds is 5. The molecule has 1 aromatic heterocycles. The SMILES string of the molecule is CO[C@H]1/C=C/O[C@@]2(C)Oc3c(C)c(O)c4c(=O)c(c5oc6cc(N7CCC(N(C)C(C)C)CC7)cc(=O)c6nc5c4c3=C2O)NC(=O)/C(C)=C\C=C\[C@H](C)C[C@@H](C)[C@@H](C)[C@@H](C)[C@H](OC(C)=O)[C@@H]1C. The van der Waals surface area contributed by atoms with E-state index in [1.165, 1.54) is 33.1 Å². The maximum absolute atomic E-state index is 14.9. The molecule has 4 bridgehead atoms. The number of allylic oxidation sites excluding steroid dienone is 3. The van der Waals surface area contributed by atoms with Crippen molar-refractivity contribution in [1.82, 2.24) is 9.88 Å². The number of carbonyl (C=O) groups is 2. The molecular weight excluding hydrogens is 869 g/mol. The Morgan fingerprint density at radius 1 is 0.985 bits per heavy atom. The highest BCUT2D eigenvalue weighted by molar-refractivity contribution is 6.16. The van der Waals surface area contributed by atoms with E-state index in [-0.39, 0.29) is 90.4 Å². The molecule has 15 heteroatoms. The zero-order valence-corrected chi connectivity index (χ0v) is 41.7. The predicted octanol–water partition coefficient (Wildman–Crippen LogP) is 8.17. The summed E-state index contributed by atoms with van der Waals surface area (Å²) in [5.41, 5.74) is -0.783. The number of nitrogens with one attached hydrogen (secondary N) is 1. The smallest absolute Gasteiger partial charge is 0.307 e. The number of methoxy groups -OCH3 is 1. The van der Waals surface area contributed by atoms with E-state index >= 15 is 0 Å². The summed E-state index contributed by atoms with van der Waals surface area (Å²) >= 11 is 0. The third-order valence-electron chi connectivity index (χ3n) is 15.0. The number of aliphatic hydroxyl groups is 1. The number of benzene rings is 3. The molecule has 3 aliphatic heterocycles. The summed E-state index contributed by atoms with van der Waals surface area (Å²) in [7, 11) is 3.67. The Morgan fingerprint density at radius 2 is 1.68 bits per heavy atom. The number of nitrogens with zero attached hydrogens (tertiary/aromatic N) is 3. The van der Waals surface area contributed by atoms with Gasteiger partial charge in [-0.2, -0.15) is 0 Å². The fourth-order valence-electron chi connectivity index (χ4n) is 10.3. The maximum atomic E-state index is 14.9. The van der Waals surface area contributed by atoms with Crippen molar-refractivity contribution in [2.24, 2.45) is 29.6 Å². The lowest BCUT2D eigenvalue weighted by Crippen LogP contribution is -2.45. The fraction of sp³-hybridized carbons (Fsp3) is 0.528. The number of fused-ring (bicyclic) bond motifs is 2. The van der Waals surface area contributed by atoms with Gasteiger partial charge in [-0.25, -0.2) is 4.98 Å². The third-order valence-corrected chi connectivity index (χ3v) is 15.0. The Bertz CT molecular complexity index is 2900. The number of hydrogen-bond donors (Lipinski definition) is 3. The summed E-state index contributed by atoms with van der Waals surface area (Å²) in [4.78, 5) is 65.0. The van der Waals surface area contributed by atoms with Gasteiger partial charge in [0.15, 0.2) is 22.4 Å². The van der Waals surface area contributed by atoms with Crippen molar-refractivity contribution in [3.8, 4) is 11.5 Å². The van der Waals surface area contributed by atoms with Crippen LogP contribution in [0.25, 0.3) is 38.7 Å². The Balaban J connectivity index is 1.44. The summed E-state index contributed by atoms with van der Waals surface area (Å²) in [6.45, 7) is 22.2. The summed E-state index contributed by atoms with van der Waals surface area (Å²) in [6.07, 6.45) is 9.92. The van der Waals surface area contributed by atoms with E-state index in [2.05, 4.69) is 63.7 Å². The van der Waals surface area contributed by atoms with Gasteiger partial charge >= 0.3 is 11.8 Å². The van der Waals surface area contributed by atoms with E-state index in [1.807, 2.05) is 19.1 Å². The van der Waals surface area contributed by atoms with Crippen molar-refractivity contribution in [2.75, 3.05) is 37.5 Å². The predicted molar refractivity (Wildman–Crippen MR) is 265 cm³/mol. The van der Waals surface area contributed by atoms with Crippen LogP contribution in [0.1, 0.15) is 94.1 Å². The molecule has 7 rings (SSSR count). The lowest BCUT2D eigenvalue weighted by Gasteiger charge is -2.39. The highest BCUT2D eigenvalue weighted by Gasteiger charge is 2.44. The molecule has 0 radical (unpaired) electrons. The van der Waals surface area contributed by atoms with Crippen LogP contribution < -0.4 is 31.0 Å². The number of anilines is 2. The first-order valence-electron chi connectivity index (χ1n) is 23.8. The van der Waals surface area contributed by atoms with Gasteiger partial charge in [-0.15, -0.1) is 0 Å². The second-order valence-corrected chi connectivity index (χ2v) is 19.9. The van der Waals surface area contributed by atoms with Gasteiger partial charge in [-0.1, -0.05) is 52.8 Å². The van der Waals surface area contributed by atoms with Crippen molar-refractivity contribution in [2.45, 2.75) is 126 Å². The lowest BCUT2D eigenvalue weighted by atomic mass is 9.74. The van der Waals surface area contributed by atoms with E-state index in [1.54, 1.807) is 32.3 Å². The third kappa shape index (κ3) is 9.31. The van der Waals surface area contributed by atoms with Gasteiger partial charge in [0, 0.05) is 86.4 Å². The first-order chi connectivity index (χ1) is 32.1. The molecule has 0 aliphatic carbocycles. The Hall–Kier alpha value is -5.93. The van der Waals surface area contributed by atoms with Crippen molar-refractivity contribution >= 4 is 62.0 Å². The van der Waals surface area contributed by atoms with Gasteiger partial charge < -0.3 is 48.7 Å². The number of esters is 1. The average molecular weight is 937 g/mol. The average Bonchev–Trinajstić information content (AvgIpc) is 3.56. The summed E-state index contributed by atoms with van der Waals surface area (Å²) in [5.74, 6) is -3.88. The first kappa shape index (κ1) is 50.0. The number of aliphatic hydroxyl groups excluding tert-OH is 1. The van der Waals surface area contributed by atoms with Gasteiger partial charge in [-0.05, 0) is 83.8 Å². The second-order valence-electron chi connectivity index (χ2n) is 19.9. The van der Waals surface area contributed by atoms with Gasteiger partial charge in [-0.3, -0.25) is 19.2 Å². The van der Waals surface area contributed by atoms with Gasteiger partial charge in [0.25, 0.3) is 5.91 Å². The molecule has 8 atom stereocenters. The second kappa shape index (κ2) is 19.6. The van der Waals surface area contributed by atoms with E-state index in [4.69, 9.17) is 28.3 Å². The van der Waals surface area contributed by atoms with Crippen molar-refractivity contribution in [3.63, 3.8) is 0 Å². The van der Waals surface area contributed by atoms with Crippen molar-refractivity contribution in [3.05, 3.63) is 79.5 Å². The number of hydrogen-bond acceptors (Lipinski definition) is 14. The first-order valence-corrected chi connectivity index (χ1v) is 23.8. The number of aromatic nitrogens is 1. The van der Waals surface area contributed by atoms with E-state index < -0.39 is 52.2 Å². The highest BCUT2D eigenvalue weighted by atomic mass is 16.7. The van der Waals surface area contributed by atoms with Crippen LogP contribution in [-0.4, -0.2) is 89.3 Å². The van der Waals surface area contributed by atoms with Gasteiger partial charge in [0.1, 0.15) is 28.8 Å². The number of amides is 1. The van der Waals surface area contributed by atoms with Crippen LogP contribution in [0, 0.1) is 36.5 Å². The molecule has 4 heterocycles. The molecule has 4 aromatic rings. The zero-order chi connectivity index (χ0) is 49.7. The molecule has 0 spiro atoms. The van der Waals surface area contributed by atoms with E-state index in [9.17, 15) is 29.4 Å². The molecule has 0 saturated carbocycles. The molecule has 366 valence electrons. The molecule has 68 heavy (non-hydrogen) atoms. The molecule has 3 N–H and O–H groups in total. The quantitative estimate of drug-likeness (QED) is 0.0987. The minimum absolute atomic E-state index is 0.000760. The Labute approximate surface area is 397 Å². The molecule has 1 amide bonds. The van der Waals surface area contributed by atoms with E-state index in [0.717, 1.165) is 19.3 Å². The summed E-state index contributed by atoms with van der Waals surface area (Å²) in [6, 6.07) is 4.02. The highest BCUT2D eigenvalue weighted by Crippen LogP contribution is 2.42. The van der Waals surface area contributed by atoms with Gasteiger partial charge in [0.05, 0.1) is 23.0 Å². The summed E-state index contributed by atoms with van der Waals surface area (Å²) in [5, 5.41) is 26.6. The number of piperidine rings is 1. The van der Waals surface area contributed by atoms with Crippen LogP contribution in [0.3, 0.4) is 0 Å². The van der Waals surface area contributed by atoms with Crippen LogP contribution in [0.5, 0.6) is 11.5 Å². The van der Waals surface area contributed by atoms with Crippen LogP contribution in [0.15, 0.2) is 62.3 Å².